The number of hydrogen-bond donors (Lipinski definition) is 2. The monoisotopic (exact) mass is 198 g/mol. The molecule has 0 aromatic carbocycles. The van der Waals surface area contributed by atoms with Crippen molar-refractivity contribution in [3.8, 4) is 0 Å². The molecular weight excluding hydrogens is 180 g/mol. The number of nitrogens with one attached hydrogen (secondary N) is 1. The number of rotatable bonds is 3. The molecule has 3 atom stereocenters. The molecule has 2 rings (SSSR count). The van der Waals surface area contributed by atoms with Crippen LogP contribution >= 0.6 is 0 Å². The van der Waals surface area contributed by atoms with Gasteiger partial charge in [0, 0.05) is 25.7 Å². The van der Waals surface area contributed by atoms with E-state index in [9.17, 15) is 4.79 Å². The zero-order valence-electron chi connectivity index (χ0n) is 8.57. The predicted octanol–water partition coefficient (Wildman–Crippen LogP) is -0.422. The van der Waals surface area contributed by atoms with Crippen LogP contribution in [0.3, 0.4) is 0 Å². The first-order valence-electron chi connectivity index (χ1n) is 5.34. The highest BCUT2D eigenvalue weighted by Gasteiger charge is 2.43. The first-order valence-corrected chi connectivity index (χ1v) is 5.34. The molecule has 0 aromatic heterocycles. The molecule has 14 heavy (non-hydrogen) atoms. The highest BCUT2D eigenvalue weighted by molar-refractivity contribution is 5.80. The number of aliphatic hydroxyl groups is 1. The van der Waals surface area contributed by atoms with E-state index in [2.05, 4.69) is 5.32 Å². The van der Waals surface area contributed by atoms with E-state index in [0.717, 1.165) is 12.8 Å². The van der Waals surface area contributed by atoms with Gasteiger partial charge in [0.2, 0.25) is 5.91 Å². The van der Waals surface area contributed by atoms with Crippen molar-refractivity contribution in [2.24, 2.45) is 5.92 Å². The lowest BCUT2D eigenvalue weighted by Crippen LogP contribution is -2.39. The first-order chi connectivity index (χ1) is 6.72. The fourth-order valence-corrected chi connectivity index (χ4v) is 2.64. The van der Waals surface area contributed by atoms with Gasteiger partial charge in [0.25, 0.3) is 0 Å². The molecule has 2 aliphatic rings. The van der Waals surface area contributed by atoms with Gasteiger partial charge >= 0.3 is 0 Å². The first kappa shape index (κ1) is 9.93. The maximum absolute atomic E-state index is 11.9. The maximum atomic E-state index is 11.9. The van der Waals surface area contributed by atoms with Crippen molar-refractivity contribution in [3.05, 3.63) is 0 Å². The Morgan fingerprint density at radius 2 is 2.36 bits per heavy atom. The van der Waals surface area contributed by atoms with Crippen molar-refractivity contribution < 1.29 is 9.90 Å². The Morgan fingerprint density at radius 1 is 1.57 bits per heavy atom. The molecule has 2 fully saturated rings. The quantitative estimate of drug-likeness (QED) is 0.647. The summed E-state index contributed by atoms with van der Waals surface area (Å²) in [6, 6.07) is 0.963. The number of nitrogens with zero attached hydrogens (tertiary/aromatic N) is 1. The van der Waals surface area contributed by atoms with Crippen LogP contribution in [0, 0.1) is 5.92 Å². The van der Waals surface area contributed by atoms with Gasteiger partial charge in [-0.05, 0) is 19.3 Å². The molecule has 4 nitrogen and oxygen atoms in total. The molecule has 2 bridgehead atoms. The molecule has 2 aliphatic heterocycles. The van der Waals surface area contributed by atoms with E-state index in [4.69, 9.17) is 5.11 Å². The van der Waals surface area contributed by atoms with Crippen LogP contribution in [0.1, 0.15) is 19.3 Å². The van der Waals surface area contributed by atoms with Crippen LogP contribution in [-0.2, 0) is 4.79 Å². The molecule has 0 spiro atoms. The Bertz CT molecular complexity index is 232. The molecule has 0 radical (unpaired) electrons. The number of carbonyl (C=O) groups excluding carboxylic acids is 1. The second-order valence-corrected chi connectivity index (χ2v) is 4.37. The van der Waals surface area contributed by atoms with Crippen molar-refractivity contribution >= 4 is 5.91 Å². The minimum atomic E-state index is 0.0521. The number of likely N-dealkylation sites (N-methyl/N-ethyl adjacent to an activating group) is 1. The van der Waals surface area contributed by atoms with Gasteiger partial charge in [0.15, 0.2) is 0 Å². The molecule has 2 heterocycles. The second-order valence-electron chi connectivity index (χ2n) is 4.37. The van der Waals surface area contributed by atoms with Crippen LogP contribution in [0.25, 0.3) is 0 Å². The number of aliphatic hydroxyl groups excluding tert-OH is 1. The minimum Gasteiger partial charge on any atom is -0.395 e. The summed E-state index contributed by atoms with van der Waals surface area (Å²) < 4.78 is 0. The number of fused-ring (bicyclic) bond motifs is 2. The van der Waals surface area contributed by atoms with Gasteiger partial charge in [-0.3, -0.25) is 4.79 Å². The van der Waals surface area contributed by atoms with Crippen molar-refractivity contribution in [1.82, 2.24) is 10.2 Å². The molecule has 3 unspecified atom stereocenters. The Labute approximate surface area is 84.3 Å². The molecule has 2 N–H and O–H groups in total. The van der Waals surface area contributed by atoms with Gasteiger partial charge in [-0.15, -0.1) is 0 Å². The Morgan fingerprint density at radius 3 is 2.86 bits per heavy atom. The average Bonchev–Trinajstić information content (AvgIpc) is 2.77. The van der Waals surface area contributed by atoms with Crippen LogP contribution < -0.4 is 5.32 Å². The highest BCUT2D eigenvalue weighted by atomic mass is 16.3. The summed E-state index contributed by atoms with van der Waals surface area (Å²) in [5.41, 5.74) is 0. The second kappa shape index (κ2) is 3.87. The zero-order valence-corrected chi connectivity index (χ0v) is 8.57. The summed E-state index contributed by atoms with van der Waals surface area (Å²) in [7, 11) is 1.77. The third kappa shape index (κ3) is 1.64. The van der Waals surface area contributed by atoms with E-state index in [0.29, 0.717) is 18.6 Å². The molecule has 2 saturated heterocycles. The van der Waals surface area contributed by atoms with E-state index in [1.165, 1.54) is 6.42 Å². The van der Waals surface area contributed by atoms with Gasteiger partial charge in [-0.25, -0.2) is 0 Å². The van der Waals surface area contributed by atoms with Gasteiger partial charge < -0.3 is 15.3 Å². The third-order valence-corrected chi connectivity index (χ3v) is 3.43. The van der Waals surface area contributed by atoms with Gasteiger partial charge in [-0.2, -0.15) is 0 Å². The fraction of sp³-hybridized carbons (Fsp3) is 0.900. The van der Waals surface area contributed by atoms with E-state index >= 15 is 0 Å². The largest absolute Gasteiger partial charge is 0.395 e. The van der Waals surface area contributed by atoms with E-state index in [-0.39, 0.29) is 18.4 Å². The molecule has 0 aromatic rings. The van der Waals surface area contributed by atoms with Crippen LogP contribution in [0.15, 0.2) is 0 Å². The molecule has 1 amide bonds. The minimum absolute atomic E-state index is 0.0521. The lowest BCUT2D eigenvalue weighted by molar-refractivity contribution is -0.135. The van der Waals surface area contributed by atoms with E-state index < -0.39 is 0 Å². The summed E-state index contributed by atoms with van der Waals surface area (Å²) in [5, 5.41) is 12.2. The predicted molar refractivity (Wildman–Crippen MR) is 52.8 cm³/mol. The maximum Gasteiger partial charge on any atom is 0.227 e. The van der Waals surface area contributed by atoms with Crippen LogP contribution in [-0.4, -0.2) is 48.2 Å². The smallest absolute Gasteiger partial charge is 0.227 e. The summed E-state index contributed by atoms with van der Waals surface area (Å²) in [6.45, 7) is 0.503. The number of hydrogen-bond acceptors (Lipinski definition) is 3. The fourth-order valence-electron chi connectivity index (χ4n) is 2.64. The average molecular weight is 198 g/mol. The van der Waals surface area contributed by atoms with Gasteiger partial charge in [-0.1, -0.05) is 0 Å². The Balaban J connectivity index is 1.92. The normalized spacial score (nSPS) is 34.9. The SMILES string of the molecule is CN(CCO)C(=O)C1CC2CCC1N2. The van der Waals surface area contributed by atoms with Crippen molar-refractivity contribution in [2.75, 3.05) is 20.2 Å². The highest BCUT2D eigenvalue weighted by Crippen LogP contribution is 2.34. The van der Waals surface area contributed by atoms with Crippen molar-refractivity contribution in [3.63, 3.8) is 0 Å². The molecule has 0 saturated carbocycles. The van der Waals surface area contributed by atoms with Gasteiger partial charge in [0.05, 0.1) is 12.5 Å². The molecule has 4 heteroatoms. The summed E-state index contributed by atoms with van der Waals surface area (Å²) in [5.74, 6) is 0.351. The standard InChI is InChI=1S/C10H18N2O2/c1-12(4-5-13)10(14)8-6-7-2-3-9(8)11-7/h7-9,11,13H,2-6H2,1H3. The van der Waals surface area contributed by atoms with Crippen LogP contribution in [0.5, 0.6) is 0 Å². The number of carbonyl (C=O) groups is 1. The van der Waals surface area contributed by atoms with Crippen LogP contribution in [0.2, 0.25) is 0 Å². The molecular formula is C10H18N2O2. The lowest BCUT2D eigenvalue weighted by atomic mass is 9.88. The van der Waals surface area contributed by atoms with E-state index in [1.54, 1.807) is 11.9 Å². The lowest BCUT2D eigenvalue weighted by Gasteiger charge is -2.25. The molecule has 80 valence electrons. The summed E-state index contributed by atoms with van der Waals surface area (Å²) in [4.78, 5) is 13.5. The zero-order chi connectivity index (χ0) is 10.1. The van der Waals surface area contributed by atoms with E-state index in [1.807, 2.05) is 0 Å². The van der Waals surface area contributed by atoms with Crippen molar-refractivity contribution in [2.45, 2.75) is 31.3 Å². The van der Waals surface area contributed by atoms with Crippen molar-refractivity contribution in [1.29, 1.82) is 0 Å². The summed E-state index contributed by atoms with van der Waals surface area (Å²) >= 11 is 0. The number of amides is 1. The topological polar surface area (TPSA) is 52.6 Å². The van der Waals surface area contributed by atoms with Crippen LogP contribution in [0.4, 0.5) is 0 Å². The van der Waals surface area contributed by atoms with Gasteiger partial charge in [0.1, 0.15) is 0 Å². The molecule has 0 aliphatic carbocycles. The Kier molecular flexibility index (Phi) is 2.74. The third-order valence-electron chi connectivity index (χ3n) is 3.43. The summed E-state index contributed by atoms with van der Waals surface area (Å²) in [6.07, 6.45) is 3.34. The Hall–Kier alpha value is -0.610.